The number of amides is 1. The van der Waals surface area contributed by atoms with Crippen molar-refractivity contribution >= 4 is 5.91 Å². The van der Waals surface area contributed by atoms with Gasteiger partial charge in [-0.1, -0.05) is 17.3 Å². The van der Waals surface area contributed by atoms with Crippen LogP contribution in [0.4, 0.5) is 0 Å². The minimum Gasteiger partial charge on any atom is -0.497 e. The van der Waals surface area contributed by atoms with Gasteiger partial charge in [0.15, 0.2) is 5.76 Å². The predicted molar refractivity (Wildman–Crippen MR) is 83.8 cm³/mol. The van der Waals surface area contributed by atoms with Gasteiger partial charge in [0.25, 0.3) is 0 Å². The normalized spacial score (nSPS) is 10.7. The Morgan fingerprint density at radius 3 is 2.91 bits per heavy atom. The average molecular weight is 303 g/mol. The van der Waals surface area contributed by atoms with Crippen LogP contribution in [0.2, 0.25) is 0 Å². The lowest BCUT2D eigenvalue weighted by Gasteiger charge is -2.09. The standard InChI is InChI=1S/C16H21N3O3/c1-19(2)8-7-17-16(20)11-13-10-15(22-18-13)12-5-4-6-14(9-12)21-3/h4-6,9-10H,7-8,11H2,1-3H3,(H,17,20). The quantitative estimate of drug-likeness (QED) is 0.841. The number of carbonyl (C=O) groups is 1. The molecule has 0 fully saturated rings. The predicted octanol–water partition coefficient (Wildman–Crippen LogP) is 1.57. The number of ether oxygens (including phenoxy) is 1. The summed E-state index contributed by atoms with van der Waals surface area (Å²) in [5.74, 6) is 1.30. The monoisotopic (exact) mass is 303 g/mol. The van der Waals surface area contributed by atoms with Crippen molar-refractivity contribution in [2.75, 3.05) is 34.3 Å². The van der Waals surface area contributed by atoms with Crippen LogP contribution >= 0.6 is 0 Å². The van der Waals surface area contributed by atoms with Crippen molar-refractivity contribution in [2.45, 2.75) is 6.42 Å². The van der Waals surface area contributed by atoms with Crippen LogP contribution in [0.5, 0.6) is 5.75 Å². The summed E-state index contributed by atoms with van der Waals surface area (Å²) in [4.78, 5) is 13.8. The molecule has 6 nitrogen and oxygen atoms in total. The van der Waals surface area contributed by atoms with E-state index >= 15 is 0 Å². The van der Waals surface area contributed by atoms with E-state index in [1.54, 1.807) is 13.2 Å². The molecule has 2 aromatic rings. The maximum Gasteiger partial charge on any atom is 0.226 e. The fourth-order valence-corrected chi connectivity index (χ4v) is 1.95. The van der Waals surface area contributed by atoms with Crippen molar-refractivity contribution in [3.8, 4) is 17.1 Å². The van der Waals surface area contributed by atoms with Gasteiger partial charge in [-0.2, -0.15) is 0 Å². The van der Waals surface area contributed by atoms with Crippen LogP contribution in [-0.4, -0.2) is 50.3 Å². The number of carbonyl (C=O) groups excluding carboxylic acids is 1. The Morgan fingerprint density at radius 1 is 1.36 bits per heavy atom. The van der Waals surface area contributed by atoms with Gasteiger partial charge in [0.1, 0.15) is 5.75 Å². The van der Waals surface area contributed by atoms with Crippen LogP contribution in [0.25, 0.3) is 11.3 Å². The number of likely N-dealkylation sites (N-methyl/N-ethyl adjacent to an activating group) is 1. The van der Waals surface area contributed by atoms with E-state index in [-0.39, 0.29) is 12.3 Å². The molecule has 0 bridgehead atoms. The number of methoxy groups -OCH3 is 1. The number of rotatable bonds is 7. The first-order valence-corrected chi connectivity index (χ1v) is 7.10. The first-order chi connectivity index (χ1) is 10.6. The van der Waals surface area contributed by atoms with Gasteiger partial charge in [0, 0.05) is 24.7 Å². The zero-order chi connectivity index (χ0) is 15.9. The van der Waals surface area contributed by atoms with E-state index in [0.717, 1.165) is 17.9 Å². The Morgan fingerprint density at radius 2 is 2.18 bits per heavy atom. The molecule has 22 heavy (non-hydrogen) atoms. The van der Waals surface area contributed by atoms with Gasteiger partial charge in [0.2, 0.25) is 5.91 Å². The van der Waals surface area contributed by atoms with E-state index in [4.69, 9.17) is 9.26 Å². The molecule has 2 rings (SSSR count). The maximum absolute atomic E-state index is 11.8. The lowest BCUT2D eigenvalue weighted by atomic mass is 10.1. The Bertz CT molecular complexity index is 623. The molecular formula is C16H21N3O3. The highest BCUT2D eigenvalue weighted by Crippen LogP contribution is 2.24. The SMILES string of the molecule is COc1cccc(-c2cc(CC(=O)NCCN(C)C)no2)c1. The lowest BCUT2D eigenvalue weighted by Crippen LogP contribution is -2.32. The Kier molecular flexibility index (Phi) is 5.55. The minimum atomic E-state index is -0.0626. The van der Waals surface area contributed by atoms with Gasteiger partial charge in [-0.3, -0.25) is 4.79 Å². The molecule has 1 amide bonds. The van der Waals surface area contributed by atoms with Crippen LogP contribution in [0.15, 0.2) is 34.9 Å². The van der Waals surface area contributed by atoms with Crippen LogP contribution in [0.3, 0.4) is 0 Å². The van der Waals surface area contributed by atoms with Crippen molar-refractivity contribution in [1.82, 2.24) is 15.4 Å². The molecule has 0 atom stereocenters. The van der Waals surface area contributed by atoms with E-state index in [0.29, 0.717) is 18.0 Å². The fraction of sp³-hybridized carbons (Fsp3) is 0.375. The molecule has 1 N–H and O–H groups in total. The largest absolute Gasteiger partial charge is 0.497 e. The molecule has 118 valence electrons. The summed E-state index contributed by atoms with van der Waals surface area (Å²) in [5, 5.41) is 6.79. The first kappa shape index (κ1) is 16.0. The van der Waals surface area contributed by atoms with Crippen molar-refractivity contribution in [3.63, 3.8) is 0 Å². The molecule has 0 saturated carbocycles. The minimum absolute atomic E-state index is 0.0626. The van der Waals surface area contributed by atoms with Crippen LogP contribution in [0, 0.1) is 0 Å². The Labute approximate surface area is 130 Å². The van der Waals surface area contributed by atoms with E-state index in [1.807, 2.05) is 43.3 Å². The lowest BCUT2D eigenvalue weighted by molar-refractivity contribution is -0.120. The van der Waals surface area contributed by atoms with Crippen LogP contribution in [-0.2, 0) is 11.2 Å². The number of hydrogen-bond acceptors (Lipinski definition) is 5. The highest BCUT2D eigenvalue weighted by Gasteiger charge is 2.11. The molecule has 1 heterocycles. The Hall–Kier alpha value is -2.34. The third-order valence-corrected chi connectivity index (χ3v) is 3.14. The van der Waals surface area contributed by atoms with Gasteiger partial charge in [0.05, 0.1) is 19.2 Å². The second kappa shape index (κ2) is 7.61. The van der Waals surface area contributed by atoms with E-state index in [9.17, 15) is 4.79 Å². The summed E-state index contributed by atoms with van der Waals surface area (Å²) in [5.41, 5.74) is 1.48. The van der Waals surface area contributed by atoms with Gasteiger partial charge < -0.3 is 19.5 Å². The topological polar surface area (TPSA) is 67.6 Å². The zero-order valence-electron chi connectivity index (χ0n) is 13.1. The maximum atomic E-state index is 11.8. The molecular weight excluding hydrogens is 282 g/mol. The van der Waals surface area contributed by atoms with Crippen molar-refractivity contribution < 1.29 is 14.1 Å². The second-order valence-electron chi connectivity index (χ2n) is 5.24. The molecule has 0 saturated heterocycles. The molecule has 1 aromatic heterocycles. The van der Waals surface area contributed by atoms with Gasteiger partial charge >= 0.3 is 0 Å². The summed E-state index contributed by atoms with van der Waals surface area (Å²) < 4.78 is 10.5. The summed E-state index contributed by atoms with van der Waals surface area (Å²) in [6, 6.07) is 9.29. The number of nitrogens with zero attached hydrogens (tertiary/aromatic N) is 2. The number of benzene rings is 1. The van der Waals surface area contributed by atoms with Crippen molar-refractivity contribution in [2.24, 2.45) is 0 Å². The molecule has 0 aliphatic carbocycles. The zero-order valence-corrected chi connectivity index (χ0v) is 13.1. The molecule has 0 spiro atoms. The first-order valence-electron chi connectivity index (χ1n) is 7.10. The smallest absolute Gasteiger partial charge is 0.226 e. The second-order valence-corrected chi connectivity index (χ2v) is 5.24. The third-order valence-electron chi connectivity index (χ3n) is 3.14. The molecule has 0 unspecified atom stereocenters. The highest BCUT2D eigenvalue weighted by atomic mass is 16.5. The molecule has 1 aromatic carbocycles. The van der Waals surface area contributed by atoms with Crippen molar-refractivity contribution in [1.29, 1.82) is 0 Å². The molecule has 0 radical (unpaired) electrons. The number of nitrogens with one attached hydrogen (secondary N) is 1. The molecule has 0 aliphatic heterocycles. The van der Waals surface area contributed by atoms with E-state index in [2.05, 4.69) is 10.5 Å². The van der Waals surface area contributed by atoms with Crippen LogP contribution in [0.1, 0.15) is 5.69 Å². The summed E-state index contributed by atoms with van der Waals surface area (Å²) in [7, 11) is 5.54. The van der Waals surface area contributed by atoms with Gasteiger partial charge in [-0.05, 0) is 26.2 Å². The van der Waals surface area contributed by atoms with Gasteiger partial charge in [-0.25, -0.2) is 0 Å². The fourth-order valence-electron chi connectivity index (χ4n) is 1.95. The summed E-state index contributed by atoms with van der Waals surface area (Å²) in [6.07, 6.45) is 0.209. The molecule has 6 heteroatoms. The number of hydrogen-bond donors (Lipinski definition) is 1. The third kappa shape index (κ3) is 4.60. The van der Waals surface area contributed by atoms with Gasteiger partial charge in [-0.15, -0.1) is 0 Å². The summed E-state index contributed by atoms with van der Waals surface area (Å²) in [6.45, 7) is 1.42. The van der Waals surface area contributed by atoms with E-state index < -0.39 is 0 Å². The van der Waals surface area contributed by atoms with Crippen LogP contribution < -0.4 is 10.1 Å². The average Bonchev–Trinajstić information content (AvgIpc) is 2.95. The highest BCUT2D eigenvalue weighted by molar-refractivity contribution is 5.78. The van der Waals surface area contributed by atoms with E-state index in [1.165, 1.54) is 0 Å². The summed E-state index contributed by atoms with van der Waals surface area (Å²) >= 11 is 0. The number of aromatic nitrogens is 1. The van der Waals surface area contributed by atoms with Crippen molar-refractivity contribution in [3.05, 3.63) is 36.0 Å². The Balaban J connectivity index is 1.95. The molecule has 0 aliphatic rings.